The molecule has 1 N–H and O–H groups in total. The van der Waals surface area contributed by atoms with Gasteiger partial charge in [0.2, 0.25) is 5.91 Å². The van der Waals surface area contributed by atoms with Crippen LogP contribution in [0.5, 0.6) is 5.75 Å². The number of allylic oxidation sites excluding steroid dienone is 1. The third-order valence-electron chi connectivity index (χ3n) is 5.00. The molecule has 0 bridgehead atoms. The Balaban J connectivity index is 1.73. The predicted molar refractivity (Wildman–Crippen MR) is 127 cm³/mol. The Labute approximate surface area is 194 Å². The number of halogens is 3. The molecule has 0 atom stereocenters. The highest BCUT2D eigenvalue weighted by molar-refractivity contribution is 6.36. The molecule has 0 aliphatic carbocycles. The number of carbonyl (C=O) groups is 1. The van der Waals surface area contributed by atoms with Crippen molar-refractivity contribution in [1.29, 1.82) is 0 Å². The first-order valence-corrected chi connectivity index (χ1v) is 10.4. The molecule has 4 aromatic rings. The lowest BCUT2D eigenvalue weighted by Gasteiger charge is -2.10. The van der Waals surface area contributed by atoms with Crippen molar-refractivity contribution in [1.82, 2.24) is 0 Å². The smallest absolute Gasteiger partial charge is 0.248 e. The maximum absolute atomic E-state index is 13.1. The number of hydrogen-bond acceptors (Lipinski definition) is 3. The van der Waals surface area contributed by atoms with Crippen molar-refractivity contribution in [3.05, 3.63) is 88.4 Å². The van der Waals surface area contributed by atoms with E-state index in [4.69, 9.17) is 32.4 Å². The topological polar surface area (TPSA) is 51.5 Å². The summed E-state index contributed by atoms with van der Waals surface area (Å²) in [6.45, 7) is 1.81. The summed E-state index contributed by atoms with van der Waals surface area (Å²) in [6, 6.07) is 14.5. The Morgan fingerprint density at radius 3 is 2.50 bits per heavy atom. The van der Waals surface area contributed by atoms with Crippen LogP contribution in [-0.4, -0.2) is 13.0 Å². The van der Waals surface area contributed by atoms with E-state index in [-0.39, 0.29) is 11.7 Å². The van der Waals surface area contributed by atoms with Crippen molar-refractivity contribution in [2.75, 3.05) is 12.4 Å². The number of hydrogen-bond donors (Lipinski definition) is 1. The van der Waals surface area contributed by atoms with Gasteiger partial charge in [-0.15, -0.1) is 0 Å². The summed E-state index contributed by atoms with van der Waals surface area (Å²) in [4.78, 5) is 12.5. The molecule has 0 aliphatic heterocycles. The van der Waals surface area contributed by atoms with Crippen molar-refractivity contribution in [3.63, 3.8) is 0 Å². The number of methoxy groups -OCH3 is 1. The maximum atomic E-state index is 13.1. The molecule has 3 aromatic carbocycles. The molecule has 0 radical (unpaired) electrons. The number of furan rings is 1. The van der Waals surface area contributed by atoms with Crippen molar-refractivity contribution in [2.45, 2.75) is 6.92 Å². The minimum atomic E-state index is -0.371. The highest BCUT2D eigenvalue weighted by atomic mass is 35.5. The average molecular weight is 470 g/mol. The second-order valence-electron chi connectivity index (χ2n) is 7.15. The summed E-state index contributed by atoms with van der Waals surface area (Å²) >= 11 is 12.4. The fourth-order valence-electron chi connectivity index (χ4n) is 3.43. The molecule has 4 nitrogen and oxygen atoms in total. The standard InChI is InChI=1S/C25H18Cl2FNO3/c1-14(9-25(30)29-17-6-4-16(28)5-7-17)19-11-20-21(13-32-24(20)12-23(19)31-2)18-8-3-15(26)10-22(18)27/h3-13H,1-2H3,(H,29,30)/b14-9+. The van der Waals surface area contributed by atoms with Gasteiger partial charge in [-0.3, -0.25) is 4.79 Å². The molecule has 0 saturated carbocycles. The van der Waals surface area contributed by atoms with E-state index in [1.807, 2.05) is 19.1 Å². The molecule has 162 valence electrons. The first-order chi connectivity index (χ1) is 15.4. The Morgan fingerprint density at radius 2 is 1.81 bits per heavy atom. The van der Waals surface area contributed by atoms with E-state index >= 15 is 0 Å². The maximum Gasteiger partial charge on any atom is 0.248 e. The Morgan fingerprint density at radius 1 is 1.06 bits per heavy atom. The predicted octanol–water partition coefficient (Wildman–Crippen LogP) is 7.60. The highest BCUT2D eigenvalue weighted by Gasteiger charge is 2.16. The molecule has 7 heteroatoms. The van der Waals surface area contributed by atoms with Crippen LogP contribution in [0.3, 0.4) is 0 Å². The van der Waals surface area contributed by atoms with Crippen molar-refractivity contribution in [3.8, 4) is 16.9 Å². The number of anilines is 1. The van der Waals surface area contributed by atoms with Crippen LogP contribution in [0.25, 0.3) is 27.7 Å². The van der Waals surface area contributed by atoms with Gasteiger partial charge in [0.05, 0.1) is 18.4 Å². The van der Waals surface area contributed by atoms with Crippen LogP contribution in [-0.2, 0) is 4.79 Å². The molecule has 0 aliphatic rings. The SMILES string of the molecule is COc1cc2occ(-c3ccc(Cl)cc3Cl)c2cc1/C(C)=C/C(=O)Nc1ccc(F)cc1. The van der Waals surface area contributed by atoms with Crippen molar-refractivity contribution < 1.29 is 18.3 Å². The molecular formula is C25H18Cl2FNO3. The second kappa shape index (κ2) is 9.07. The first kappa shape index (κ1) is 21.9. The lowest BCUT2D eigenvalue weighted by Crippen LogP contribution is -2.08. The van der Waals surface area contributed by atoms with Crippen LogP contribution in [0.15, 0.2) is 71.4 Å². The number of carbonyl (C=O) groups excluding carboxylic acids is 1. The van der Waals surface area contributed by atoms with E-state index in [2.05, 4.69) is 5.32 Å². The quantitative estimate of drug-likeness (QED) is 0.306. The van der Waals surface area contributed by atoms with E-state index in [0.717, 1.165) is 22.1 Å². The van der Waals surface area contributed by atoms with Crippen LogP contribution in [0.4, 0.5) is 10.1 Å². The number of rotatable bonds is 5. The van der Waals surface area contributed by atoms with Crippen LogP contribution >= 0.6 is 23.2 Å². The number of benzene rings is 3. The zero-order valence-corrected chi connectivity index (χ0v) is 18.7. The molecule has 0 spiro atoms. The van der Waals surface area contributed by atoms with Crippen LogP contribution in [0.2, 0.25) is 10.0 Å². The Hall–Kier alpha value is -3.28. The number of ether oxygens (including phenoxy) is 1. The zero-order valence-electron chi connectivity index (χ0n) is 17.2. The summed E-state index contributed by atoms with van der Waals surface area (Å²) in [5, 5.41) is 4.58. The van der Waals surface area contributed by atoms with Gasteiger partial charge >= 0.3 is 0 Å². The van der Waals surface area contributed by atoms with E-state index in [1.165, 1.54) is 30.3 Å². The van der Waals surface area contributed by atoms with Gasteiger partial charge in [0.25, 0.3) is 0 Å². The Kier molecular flexibility index (Phi) is 6.21. The fraction of sp³-hybridized carbons (Fsp3) is 0.0800. The molecule has 32 heavy (non-hydrogen) atoms. The molecular weight excluding hydrogens is 452 g/mol. The molecule has 1 heterocycles. The molecule has 0 fully saturated rings. The summed E-state index contributed by atoms with van der Waals surface area (Å²) in [5.41, 5.74) is 4.10. The van der Waals surface area contributed by atoms with Gasteiger partial charge < -0.3 is 14.5 Å². The summed E-state index contributed by atoms with van der Waals surface area (Å²) in [5.74, 6) is -0.155. The molecule has 1 amide bonds. The van der Waals surface area contributed by atoms with Crippen LogP contribution in [0, 0.1) is 5.82 Å². The normalized spacial score (nSPS) is 11.6. The van der Waals surface area contributed by atoms with Gasteiger partial charge in [-0.1, -0.05) is 29.3 Å². The lowest BCUT2D eigenvalue weighted by molar-refractivity contribution is -0.111. The van der Waals surface area contributed by atoms with Gasteiger partial charge in [0.15, 0.2) is 0 Å². The minimum absolute atomic E-state index is 0.343. The number of fused-ring (bicyclic) bond motifs is 1. The van der Waals surface area contributed by atoms with Gasteiger partial charge in [0.1, 0.15) is 17.1 Å². The average Bonchev–Trinajstić information content (AvgIpc) is 3.17. The molecule has 0 unspecified atom stereocenters. The van der Waals surface area contributed by atoms with Crippen molar-refractivity contribution in [2.24, 2.45) is 0 Å². The van der Waals surface area contributed by atoms with Crippen LogP contribution < -0.4 is 10.1 Å². The fourth-order valence-corrected chi connectivity index (χ4v) is 3.94. The van der Waals surface area contributed by atoms with Gasteiger partial charge in [-0.25, -0.2) is 4.39 Å². The van der Waals surface area contributed by atoms with Crippen LogP contribution in [0.1, 0.15) is 12.5 Å². The lowest BCUT2D eigenvalue weighted by atomic mass is 9.99. The second-order valence-corrected chi connectivity index (χ2v) is 7.99. The van der Waals surface area contributed by atoms with Gasteiger partial charge in [-0.05, 0) is 55.0 Å². The van der Waals surface area contributed by atoms with Gasteiger partial charge in [-0.2, -0.15) is 0 Å². The Bertz CT molecular complexity index is 1340. The van der Waals surface area contributed by atoms with E-state index in [9.17, 15) is 9.18 Å². The highest BCUT2D eigenvalue weighted by Crippen LogP contribution is 2.40. The third-order valence-corrected chi connectivity index (χ3v) is 5.55. The molecule has 0 saturated heterocycles. The molecule has 1 aromatic heterocycles. The largest absolute Gasteiger partial charge is 0.496 e. The molecule has 4 rings (SSSR count). The first-order valence-electron chi connectivity index (χ1n) is 9.65. The summed E-state index contributed by atoms with van der Waals surface area (Å²) < 4.78 is 24.3. The number of nitrogens with one attached hydrogen (secondary N) is 1. The van der Waals surface area contributed by atoms with Crippen molar-refractivity contribution >= 4 is 51.3 Å². The summed E-state index contributed by atoms with van der Waals surface area (Å²) in [7, 11) is 1.55. The van der Waals surface area contributed by atoms with Gasteiger partial charge in [0, 0.05) is 44.9 Å². The minimum Gasteiger partial charge on any atom is -0.496 e. The van der Waals surface area contributed by atoms with E-state index in [0.29, 0.717) is 32.6 Å². The number of amides is 1. The van der Waals surface area contributed by atoms with E-state index in [1.54, 1.807) is 31.6 Å². The zero-order chi connectivity index (χ0) is 22.8. The summed E-state index contributed by atoms with van der Waals surface area (Å²) in [6.07, 6.45) is 3.09. The van der Waals surface area contributed by atoms with E-state index < -0.39 is 0 Å². The monoisotopic (exact) mass is 469 g/mol. The third kappa shape index (κ3) is 4.49.